The van der Waals surface area contributed by atoms with Crippen LogP contribution in [0.2, 0.25) is 0 Å². The van der Waals surface area contributed by atoms with Gasteiger partial charge in [-0.15, -0.1) is 0 Å². The van der Waals surface area contributed by atoms with Crippen molar-refractivity contribution in [1.82, 2.24) is 14.8 Å². The minimum Gasteiger partial charge on any atom is -0.321 e. The van der Waals surface area contributed by atoms with E-state index in [0.29, 0.717) is 17.8 Å². The normalized spacial score (nSPS) is 11.1. The predicted octanol–water partition coefficient (Wildman–Crippen LogP) is 5.16. The van der Waals surface area contributed by atoms with Crippen LogP contribution >= 0.6 is 0 Å². The highest BCUT2D eigenvalue weighted by Gasteiger charge is 2.16. The molecule has 0 radical (unpaired) electrons. The number of aryl methyl sites for hydroxylation is 2. The van der Waals surface area contributed by atoms with Gasteiger partial charge in [0.2, 0.25) is 0 Å². The lowest BCUT2D eigenvalue weighted by molar-refractivity contribution is -0.112. The summed E-state index contributed by atoms with van der Waals surface area (Å²) in [6.45, 7) is 4.41. The summed E-state index contributed by atoms with van der Waals surface area (Å²) in [6.07, 6.45) is 6.84. The molecule has 4 rings (SSSR count). The molecule has 33 heavy (non-hydrogen) atoms. The van der Waals surface area contributed by atoms with Gasteiger partial charge in [-0.05, 0) is 48.7 Å². The fourth-order valence-corrected chi connectivity index (χ4v) is 3.62. The van der Waals surface area contributed by atoms with Crippen LogP contribution in [0.4, 0.5) is 5.69 Å². The van der Waals surface area contributed by atoms with Gasteiger partial charge in [0.1, 0.15) is 17.3 Å². The molecule has 2 aromatic carbocycles. The Morgan fingerprint density at radius 3 is 2.48 bits per heavy atom. The molecule has 0 aliphatic rings. The van der Waals surface area contributed by atoms with Gasteiger partial charge in [0, 0.05) is 35.4 Å². The highest BCUT2D eigenvalue weighted by molar-refractivity contribution is 6.10. The Bertz CT molecular complexity index is 1330. The number of anilines is 1. The van der Waals surface area contributed by atoms with Crippen molar-refractivity contribution in [2.45, 2.75) is 20.4 Å². The minimum atomic E-state index is -0.456. The number of carbonyl (C=O) groups excluding carboxylic acids is 1. The molecule has 0 atom stereocenters. The third-order valence-corrected chi connectivity index (χ3v) is 5.30. The van der Waals surface area contributed by atoms with Crippen molar-refractivity contribution in [3.05, 3.63) is 107 Å². The first-order chi connectivity index (χ1) is 16.0. The van der Waals surface area contributed by atoms with Gasteiger partial charge in [-0.1, -0.05) is 48.5 Å². The van der Waals surface area contributed by atoms with Gasteiger partial charge in [-0.25, -0.2) is 0 Å². The molecular weight excluding hydrogens is 410 g/mol. The maximum Gasteiger partial charge on any atom is 0.266 e. The van der Waals surface area contributed by atoms with Gasteiger partial charge in [0.15, 0.2) is 0 Å². The summed E-state index contributed by atoms with van der Waals surface area (Å²) in [5.41, 5.74) is 5.83. The highest BCUT2D eigenvalue weighted by atomic mass is 16.1. The van der Waals surface area contributed by atoms with Crippen LogP contribution < -0.4 is 5.32 Å². The number of carbonyl (C=O) groups is 1. The number of hydrogen-bond donors (Lipinski definition) is 1. The summed E-state index contributed by atoms with van der Waals surface area (Å²) < 4.78 is 1.81. The molecule has 0 saturated carbocycles. The van der Waals surface area contributed by atoms with E-state index < -0.39 is 5.91 Å². The Labute approximate surface area is 192 Å². The maximum atomic E-state index is 13.0. The second-order valence-electron chi connectivity index (χ2n) is 7.75. The summed E-state index contributed by atoms with van der Waals surface area (Å²) in [7, 11) is 0. The number of hydrogen-bond acceptors (Lipinski definition) is 4. The molecule has 6 heteroatoms. The molecule has 0 saturated heterocycles. The number of nitriles is 1. The van der Waals surface area contributed by atoms with Crippen LogP contribution in [0.1, 0.15) is 22.3 Å². The fourth-order valence-electron chi connectivity index (χ4n) is 3.62. The summed E-state index contributed by atoms with van der Waals surface area (Å²) >= 11 is 0. The number of para-hydroxylation sites is 1. The molecule has 2 heterocycles. The molecule has 0 fully saturated rings. The molecule has 2 aromatic heterocycles. The number of amides is 1. The minimum absolute atomic E-state index is 0.00190. The molecule has 1 N–H and O–H groups in total. The number of aromatic nitrogens is 3. The lowest BCUT2D eigenvalue weighted by Crippen LogP contribution is -2.15. The third kappa shape index (κ3) is 5.05. The van der Waals surface area contributed by atoms with Crippen LogP contribution in [0.3, 0.4) is 0 Å². The van der Waals surface area contributed by atoms with Crippen molar-refractivity contribution in [2.24, 2.45) is 0 Å². The van der Waals surface area contributed by atoms with Crippen molar-refractivity contribution in [3.8, 4) is 17.3 Å². The Morgan fingerprint density at radius 1 is 1.06 bits per heavy atom. The first kappa shape index (κ1) is 21.7. The van der Waals surface area contributed by atoms with E-state index in [1.807, 2.05) is 91.5 Å². The fraction of sp³-hybridized carbons (Fsp3) is 0.111. The van der Waals surface area contributed by atoms with E-state index in [-0.39, 0.29) is 5.57 Å². The molecule has 6 nitrogen and oxygen atoms in total. The SMILES string of the molecule is Cc1cccc(C)c1NC(=O)/C(C#N)=C/c1cn(Cc2ccccc2)nc1-c1cccnc1. The summed E-state index contributed by atoms with van der Waals surface area (Å²) in [5.74, 6) is -0.456. The maximum absolute atomic E-state index is 13.0. The van der Waals surface area contributed by atoms with Crippen LogP contribution in [-0.2, 0) is 11.3 Å². The molecule has 1 amide bonds. The average Bonchev–Trinajstić information content (AvgIpc) is 3.23. The van der Waals surface area contributed by atoms with Crippen LogP contribution in [0, 0.1) is 25.2 Å². The lowest BCUT2D eigenvalue weighted by Gasteiger charge is -2.10. The van der Waals surface area contributed by atoms with Crippen molar-refractivity contribution >= 4 is 17.7 Å². The molecule has 162 valence electrons. The number of benzene rings is 2. The molecular formula is C27H23N5O. The molecule has 0 aliphatic carbocycles. The Morgan fingerprint density at radius 2 is 1.82 bits per heavy atom. The third-order valence-electron chi connectivity index (χ3n) is 5.30. The zero-order valence-electron chi connectivity index (χ0n) is 18.5. The Hall–Kier alpha value is -4.50. The number of pyridine rings is 1. The number of nitrogens with one attached hydrogen (secondary N) is 1. The first-order valence-corrected chi connectivity index (χ1v) is 10.6. The van der Waals surface area contributed by atoms with E-state index in [1.165, 1.54) is 0 Å². The highest BCUT2D eigenvalue weighted by Crippen LogP contribution is 2.25. The van der Waals surface area contributed by atoms with E-state index in [4.69, 9.17) is 5.10 Å². The molecule has 4 aromatic rings. The van der Waals surface area contributed by atoms with Crippen molar-refractivity contribution in [3.63, 3.8) is 0 Å². The smallest absolute Gasteiger partial charge is 0.266 e. The number of rotatable bonds is 6. The first-order valence-electron chi connectivity index (χ1n) is 10.6. The van der Waals surface area contributed by atoms with E-state index >= 15 is 0 Å². The Kier molecular flexibility index (Phi) is 6.42. The zero-order valence-corrected chi connectivity index (χ0v) is 18.5. The lowest BCUT2D eigenvalue weighted by atomic mass is 10.1. The van der Waals surface area contributed by atoms with E-state index in [2.05, 4.69) is 10.3 Å². The zero-order chi connectivity index (χ0) is 23.2. The molecule has 0 bridgehead atoms. The number of nitrogens with zero attached hydrogens (tertiary/aromatic N) is 4. The average molecular weight is 434 g/mol. The molecule has 0 aliphatic heterocycles. The van der Waals surface area contributed by atoms with Crippen LogP contribution in [-0.4, -0.2) is 20.7 Å². The largest absolute Gasteiger partial charge is 0.321 e. The van der Waals surface area contributed by atoms with E-state index in [1.54, 1.807) is 18.5 Å². The van der Waals surface area contributed by atoms with Gasteiger partial charge in [0.25, 0.3) is 5.91 Å². The topological polar surface area (TPSA) is 83.6 Å². The van der Waals surface area contributed by atoms with Crippen LogP contribution in [0.15, 0.2) is 84.8 Å². The second-order valence-corrected chi connectivity index (χ2v) is 7.75. The van der Waals surface area contributed by atoms with Crippen molar-refractivity contribution < 1.29 is 4.79 Å². The van der Waals surface area contributed by atoms with Crippen molar-refractivity contribution in [1.29, 1.82) is 5.26 Å². The van der Waals surface area contributed by atoms with E-state index in [9.17, 15) is 10.1 Å². The van der Waals surface area contributed by atoms with Gasteiger partial charge in [-0.2, -0.15) is 10.4 Å². The molecule has 0 unspecified atom stereocenters. The second kappa shape index (κ2) is 9.75. The monoisotopic (exact) mass is 433 g/mol. The molecule has 0 spiro atoms. The van der Waals surface area contributed by atoms with Gasteiger partial charge in [-0.3, -0.25) is 14.5 Å². The quantitative estimate of drug-likeness (QED) is 0.336. The summed E-state index contributed by atoms with van der Waals surface area (Å²) in [6, 6.07) is 21.5. The van der Waals surface area contributed by atoms with Gasteiger partial charge < -0.3 is 5.32 Å². The summed E-state index contributed by atoms with van der Waals surface area (Å²) in [5, 5.41) is 17.4. The van der Waals surface area contributed by atoms with Crippen molar-refractivity contribution in [2.75, 3.05) is 5.32 Å². The van der Waals surface area contributed by atoms with Crippen LogP contribution in [0.5, 0.6) is 0 Å². The van der Waals surface area contributed by atoms with E-state index in [0.717, 1.165) is 27.9 Å². The summed E-state index contributed by atoms with van der Waals surface area (Å²) in [4.78, 5) is 17.1. The standard InChI is InChI=1S/C27H23N5O/c1-19-8-6-9-20(2)25(19)30-27(33)23(15-28)14-24-18-32(17-21-10-4-3-5-11-21)31-26(24)22-12-7-13-29-16-22/h3-14,16,18H,17H2,1-2H3,(H,30,33)/b23-14+. The predicted molar refractivity (Wildman–Crippen MR) is 129 cm³/mol. The van der Waals surface area contributed by atoms with Gasteiger partial charge >= 0.3 is 0 Å². The van der Waals surface area contributed by atoms with Crippen LogP contribution in [0.25, 0.3) is 17.3 Å². The Balaban J connectivity index is 1.71. The van der Waals surface area contributed by atoms with Gasteiger partial charge in [0.05, 0.1) is 6.54 Å².